The van der Waals surface area contributed by atoms with Crippen LogP contribution in [0.2, 0.25) is 0 Å². The Labute approximate surface area is 109 Å². The number of benzene rings is 1. The normalized spacial score (nSPS) is 12.7. The highest BCUT2D eigenvalue weighted by molar-refractivity contribution is 5.31. The summed E-state index contributed by atoms with van der Waals surface area (Å²) in [7, 11) is 0. The summed E-state index contributed by atoms with van der Waals surface area (Å²) in [5, 5.41) is 12.1. The first-order chi connectivity index (χ1) is 8.67. The van der Waals surface area contributed by atoms with Gasteiger partial charge >= 0.3 is 0 Å². The number of aliphatic hydroxyl groups is 1. The van der Waals surface area contributed by atoms with E-state index in [1.54, 1.807) is 0 Å². The van der Waals surface area contributed by atoms with Gasteiger partial charge in [-0.1, -0.05) is 12.1 Å². The third-order valence-electron chi connectivity index (χ3n) is 2.59. The third-order valence-corrected chi connectivity index (χ3v) is 2.59. The molecule has 18 heavy (non-hydrogen) atoms. The summed E-state index contributed by atoms with van der Waals surface area (Å²) in [5.74, 6) is 0.866. The van der Waals surface area contributed by atoms with Crippen molar-refractivity contribution in [2.75, 3.05) is 19.7 Å². The minimum absolute atomic E-state index is 0.104. The molecule has 0 fully saturated rings. The SMILES string of the molecule is CC(C)Oc1cccc(C(CN)NCCCO)c1. The molecule has 1 aromatic rings. The second kappa shape index (κ2) is 8.08. The van der Waals surface area contributed by atoms with Crippen molar-refractivity contribution in [3.05, 3.63) is 29.8 Å². The first kappa shape index (κ1) is 15.0. The maximum atomic E-state index is 8.77. The summed E-state index contributed by atoms with van der Waals surface area (Å²) in [5.41, 5.74) is 6.89. The van der Waals surface area contributed by atoms with Crippen molar-refractivity contribution in [3.8, 4) is 5.75 Å². The summed E-state index contributed by atoms with van der Waals surface area (Å²) in [6.07, 6.45) is 0.900. The van der Waals surface area contributed by atoms with Gasteiger partial charge in [-0.3, -0.25) is 0 Å². The smallest absolute Gasteiger partial charge is 0.120 e. The quantitative estimate of drug-likeness (QED) is 0.613. The molecule has 4 heteroatoms. The molecule has 0 radical (unpaired) electrons. The summed E-state index contributed by atoms with van der Waals surface area (Å²) in [6.45, 7) is 5.49. The zero-order valence-electron chi connectivity index (χ0n) is 11.2. The lowest BCUT2D eigenvalue weighted by Gasteiger charge is -2.18. The van der Waals surface area contributed by atoms with Gasteiger partial charge in [0, 0.05) is 19.2 Å². The molecule has 1 atom stereocenters. The summed E-state index contributed by atoms with van der Waals surface area (Å²) >= 11 is 0. The minimum Gasteiger partial charge on any atom is -0.491 e. The van der Waals surface area contributed by atoms with Crippen LogP contribution in [0.25, 0.3) is 0 Å². The molecule has 0 aliphatic heterocycles. The van der Waals surface area contributed by atoms with Crippen molar-refractivity contribution in [1.82, 2.24) is 5.32 Å². The van der Waals surface area contributed by atoms with Gasteiger partial charge in [0.05, 0.1) is 6.10 Å². The summed E-state index contributed by atoms with van der Waals surface area (Å²) < 4.78 is 5.67. The first-order valence-corrected chi connectivity index (χ1v) is 6.48. The van der Waals surface area contributed by atoms with E-state index < -0.39 is 0 Å². The van der Waals surface area contributed by atoms with Crippen molar-refractivity contribution >= 4 is 0 Å². The molecule has 0 aliphatic rings. The van der Waals surface area contributed by atoms with Crippen molar-refractivity contribution in [2.45, 2.75) is 32.4 Å². The second-order valence-electron chi connectivity index (χ2n) is 4.56. The molecule has 0 heterocycles. The largest absolute Gasteiger partial charge is 0.491 e. The Morgan fingerprint density at radius 3 is 2.78 bits per heavy atom. The van der Waals surface area contributed by atoms with Crippen molar-refractivity contribution in [2.24, 2.45) is 5.73 Å². The molecule has 0 bridgehead atoms. The Balaban J connectivity index is 2.66. The summed E-state index contributed by atoms with van der Waals surface area (Å²) in [4.78, 5) is 0. The van der Waals surface area contributed by atoms with Crippen LogP contribution in [0, 0.1) is 0 Å². The van der Waals surface area contributed by atoms with Gasteiger partial charge in [-0.05, 0) is 44.5 Å². The van der Waals surface area contributed by atoms with E-state index in [0.717, 1.165) is 24.3 Å². The van der Waals surface area contributed by atoms with Gasteiger partial charge in [-0.2, -0.15) is 0 Å². The van der Waals surface area contributed by atoms with E-state index >= 15 is 0 Å². The standard InChI is InChI=1S/C14H24N2O2/c1-11(2)18-13-6-3-5-12(9-13)14(10-15)16-7-4-8-17/h3,5-6,9,11,14,16-17H,4,7-8,10,15H2,1-2H3. The molecule has 4 N–H and O–H groups in total. The van der Waals surface area contributed by atoms with Crippen LogP contribution in [-0.4, -0.2) is 30.9 Å². The Bertz CT molecular complexity index is 342. The number of nitrogens with one attached hydrogen (secondary N) is 1. The molecule has 0 amide bonds. The second-order valence-corrected chi connectivity index (χ2v) is 4.56. The van der Waals surface area contributed by atoms with Gasteiger partial charge in [0.25, 0.3) is 0 Å². The fraction of sp³-hybridized carbons (Fsp3) is 0.571. The van der Waals surface area contributed by atoms with E-state index in [1.165, 1.54) is 0 Å². The molecular formula is C14H24N2O2. The van der Waals surface area contributed by atoms with Crippen LogP contribution in [0.4, 0.5) is 0 Å². The van der Waals surface area contributed by atoms with Crippen molar-refractivity contribution in [1.29, 1.82) is 0 Å². The van der Waals surface area contributed by atoms with E-state index in [2.05, 4.69) is 5.32 Å². The van der Waals surface area contributed by atoms with Crippen molar-refractivity contribution in [3.63, 3.8) is 0 Å². The van der Waals surface area contributed by atoms with Gasteiger partial charge in [0.1, 0.15) is 5.75 Å². The van der Waals surface area contributed by atoms with Crippen molar-refractivity contribution < 1.29 is 9.84 Å². The van der Waals surface area contributed by atoms with Crippen LogP contribution in [-0.2, 0) is 0 Å². The molecule has 1 rings (SSSR count). The van der Waals surface area contributed by atoms with E-state index in [0.29, 0.717) is 6.54 Å². The van der Waals surface area contributed by atoms with E-state index in [-0.39, 0.29) is 18.8 Å². The van der Waals surface area contributed by atoms with Crippen LogP contribution < -0.4 is 15.8 Å². The van der Waals surface area contributed by atoms with E-state index in [1.807, 2.05) is 38.1 Å². The average molecular weight is 252 g/mol. The molecule has 0 spiro atoms. The molecule has 0 aliphatic carbocycles. The first-order valence-electron chi connectivity index (χ1n) is 6.48. The Kier molecular flexibility index (Phi) is 6.72. The lowest BCUT2D eigenvalue weighted by atomic mass is 10.1. The molecule has 0 aromatic heterocycles. The topological polar surface area (TPSA) is 67.5 Å². The van der Waals surface area contributed by atoms with Gasteiger partial charge in [-0.15, -0.1) is 0 Å². The Morgan fingerprint density at radius 2 is 2.17 bits per heavy atom. The van der Waals surface area contributed by atoms with Gasteiger partial charge < -0.3 is 20.9 Å². The molecule has 1 unspecified atom stereocenters. The minimum atomic E-state index is 0.104. The Morgan fingerprint density at radius 1 is 1.39 bits per heavy atom. The number of nitrogens with two attached hydrogens (primary N) is 1. The van der Waals surface area contributed by atoms with Gasteiger partial charge in [0.15, 0.2) is 0 Å². The van der Waals surface area contributed by atoms with Crippen LogP contribution in [0.5, 0.6) is 5.75 Å². The fourth-order valence-electron chi connectivity index (χ4n) is 1.77. The Hall–Kier alpha value is -1.10. The lowest BCUT2D eigenvalue weighted by Crippen LogP contribution is -2.29. The fourth-order valence-corrected chi connectivity index (χ4v) is 1.77. The zero-order valence-corrected chi connectivity index (χ0v) is 11.2. The van der Waals surface area contributed by atoms with Crippen LogP contribution in [0.3, 0.4) is 0 Å². The number of hydrogen-bond acceptors (Lipinski definition) is 4. The van der Waals surface area contributed by atoms with Gasteiger partial charge in [-0.25, -0.2) is 0 Å². The molecule has 4 nitrogen and oxygen atoms in total. The zero-order chi connectivity index (χ0) is 13.4. The highest BCUT2D eigenvalue weighted by atomic mass is 16.5. The maximum absolute atomic E-state index is 8.77. The molecule has 1 aromatic carbocycles. The maximum Gasteiger partial charge on any atom is 0.120 e. The number of aliphatic hydroxyl groups excluding tert-OH is 1. The third kappa shape index (κ3) is 5.04. The molecular weight excluding hydrogens is 228 g/mol. The van der Waals surface area contributed by atoms with Crippen LogP contribution in [0.1, 0.15) is 31.9 Å². The number of hydrogen-bond donors (Lipinski definition) is 3. The monoisotopic (exact) mass is 252 g/mol. The predicted molar refractivity (Wildman–Crippen MR) is 73.7 cm³/mol. The number of ether oxygens (including phenoxy) is 1. The lowest BCUT2D eigenvalue weighted by molar-refractivity contribution is 0.242. The predicted octanol–water partition coefficient (Wildman–Crippen LogP) is 1.45. The number of rotatable bonds is 8. The molecule has 0 saturated carbocycles. The van der Waals surface area contributed by atoms with E-state index in [4.69, 9.17) is 15.6 Å². The van der Waals surface area contributed by atoms with Crippen LogP contribution >= 0.6 is 0 Å². The highest BCUT2D eigenvalue weighted by Crippen LogP contribution is 2.19. The molecule has 102 valence electrons. The molecule has 0 saturated heterocycles. The average Bonchev–Trinajstić information content (AvgIpc) is 2.34. The van der Waals surface area contributed by atoms with E-state index in [9.17, 15) is 0 Å². The summed E-state index contributed by atoms with van der Waals surface area (Å²) in [6, 6.07) is 8.08. The highest BCUT2D eigenvalue weighted by Gasteiger charge is 2.09. The van der Waals surface area contributed by atoms with Gasteiger partial charge in [0.2, 0.25) is 0 Å². The van der Waals surface area contributed by atoms with Crippen LogP contribution in [0.15, 0.2) is 24.3 Å².